The van der Waals surface area contributed by atoms with Gasteiger partial charge in [-0.3, -0.25) is 4.79 Å². The molecule has 270 valence electrons. The Labute approximate surface area is 299 Å². The number of ketones is 1. The van der Waals surface area contributed by atoms with Gasteiger partial charge in [0.05, 0.1) is 0 Å². The van der Waals surface area contributed by atoms with E-state index in [1.54, 1.807) is 6.08 Å². The van der Waals surface area contributed by atoms with E-state index in [1.807, 2.05) is 12.2 Å². The summed E-state index contributed by atoms with van der Waals surface area (Å²) in [6.45, 7) is 0. The molecule has 0 aromatic heterocycles. The highest BCUT2D eigenvalue weighted by Crippen LogP contribution is 2.14. The van der Waals surface area contributed by atoms with Crippen molar-refractivity contribution < 1.29 is 9.90 Å². The first-order chi connectivity index (χ1) is 23.7. The van der Waals surface area contributed by atoms with Gasteiger partial charge in [-0.05, 0) is 121 Å². The number of rotatable bonds is 36. The predicted molar refractivity (Wildman–Crippen MR) is 213 cm³/mol. The van der Waals surface area contributed by atoms with Crippen molar-refractivity contribution in [2.24, 2.45) is 0 Å². The second kappa shape index (κ2) is 40.6. The topological polar surface area (TPSA) is 37.3 Å². The molecule has 0 aliphatic rings. The first-order valence-corrected chi connectivity index (χ1v) is 20.1. The number of hydrogen-bond donors (Lipinski definition) is 1. The zero-order valence-corrected chi connectivity index (χ0v) is 31.1. The summed E-state index contributed by atoms with van der Waals surface area (Å²) < 4.78 is 0. The molecule has 0 aromatic carbocycles. The molecule has 0 fully saturated rings. The largest absolute Gasteiger partial charge is 0.377 e. The standard InChI is InChI=1S/C46H74O2/c1-3-45(47)43-41-39-37-35-33-31-29-27-25-23-21-19-17-15-13-11-9-7-5-6-8-10-12-14-16-18-20-22-24-26-28-30-32-34-36-38-40-42-44-46(48)4-2/h1-2,7,9,12,14,19,21,41-44,46,48H,5-6,8,10-11,13,15-18,20,22-40H2. The number of terminal acetylenes is 2. The van der Waals surface area contributed by atoms with Crippen LogP contribution in [0.25, 0.3) is 0 Å². The Kier molecular flexibility index (Phi) is 38.5. The number of aliphatic hydroxyl groups excluding tert-OH is 1. The number of unbranched alkanes of at least 4 members (excludes halogenated alkanes) is 26. The molecule has 0 rings (SSSR count). The second-order valence-electron chi connectivity index (χ2n) is 13.5. The van der Waals surface area contributed by atoms with Gasteiger partial charge in [0, 0.05) is 0 Å². The number of allylic oxidation sites excluding steroid dienone is 9. The highest BCUT2D eigenvalue weighted by Gasteiger charge is 1.95. The molecule has 1 unspecified atom stereocenters. The van der Waals surface area contributed by atoms with Crippen LogP contribution in [0.4, 0.5) is 0 Å². The van der Waals surface area contributed by atoms with Crippen LogP contribution in [0, 0.1) is 24.7 Å². The van der Waals surface area contributed by atoms with E-state index in [0.717, 1.165) is 19.3 Å². The smallest absolute Gasteiger partial charge is 0.228 e. The molecule has 0 heterocycles. The lowest BCUT2D eigenvalue weighted by molar-refractivity contribution is -0.109. The maximum absolute atomic E-state index is 11.0. The van der Waals surface area contributed by atoms with Gasteiger partial charge in [-0.1, -0.05) is 144 Å². The average molecular weight is 659 g/mol. The zero-order valence-electron chi connectivity index (χ0n) is 31.1. The Bertz CT molecular complexity index is 919. The quantitative estimate of drug-likeness (QED) is 0.0239. The number of hydrogen-bond acceptors (Lipinski definition) is 2. The highest BCUT2D eigenvalue weighted by molar-refractivity contribution is 6.03. The summed E-state index contributed by atoms with van der Waals surface area (Å²) in [5, 5.41) is 9.26. The SMILES string of the molecule is C#CC(=O)C=CCCCCCCCCCC=CCCCCC=CCCCCC=CCCCCCCCCCCCCCC=CC(O)C#C. The van der Waals surface area contributed by atoms with E-state index in [-0.39, 0.29) is 5.78 Å². The fourth-order valence-corrected chi connectivity index (χ4v) is 5.80. The molecule has 0 saturated carbocycles. The summed E-state index contributed by atoms with van der Waals surface area (Å²) in [5.41, 5.74) is 0. The van der Waals surface area contributed by atoms with E-state index in [2.05, 4.69) is 48.3 Å². The number of carbonyl (C=O) groups excluding carboxylic acids is 1. The van der Waals surface area contributed by atoms with Crippen molar-refractivity contribution in [3.8, 4) is 24.7 Å². The average Bonchev–Trinajstić information content (AvgIpc) is 3.10. The molecule has 1 N–H and O–H groups in total. The van der Waals surface area contributed by atoms with Crippen LogP contribution in [0.2, 0.25) is 0 Å². The Balaban J connectivity index is 3.26. The molecule has 1 atom stereocenters. The van der Waals surface area contributed by atoms with Crippen molar-refractivity contribution in [1.82, 2.24) is 0 Å². The molecular weight excluding hydrogens is 585 g/mol. The van der Waals surface area contributed by atoms with Gasteiger partial charge in [0.2, 0.25) is 5.78 Å². The van der Waals surface area contributed by atoms with Crippen molar-refractivity contribution >= 4 is 5.78 Å². The minimum atomic E-state index is -0.717. The van der Waals surface area contributed by atoms with E-state index < -0.39 is 6.10 Å². The maximum atomic E-state index is 11.0. The van der Waals surface area contributed by atoms with Crippen LogP contribution in [0.3, 0.4) is 0 Å². The lowest BCUT2D eigenvalue weighted by Gasteiger charge is -2.02. The van der Waals surface area contributed by atoms with Gasteiger partial charge in [0.1, 0.15) is 6.10 Å². The van der Waals surface area contributed by atoms with Gasteiger partial charge in [-0.2, -0.15) is 0 Å². The molecule has 0 aromatic rings. The third-order valence-corrected chi connectivity index (χ3v) is 8.87. The summed E-state index contributed by atoms with van der Waals surface area (Å²) in [6, 6.07) is 0. The summed E-state index contributed by atoms with van der Waals surface area (Å²) >= 11 is 0. The first kappa shape index (κ1) is 45.5. The molecule has 2 heteroatoms. The van der Waals surface area contributed by atoms with E-state index in [0.29, 0.717) is 0 Å². The van der Waals surface area contributed by atoms with Crippen LogP contribution in [0.1, 0.15) is 193 Å². The summed E-state index contributed by atoms with van der Waals surface area (Å²) in [4.78, 5) is 11.0. The van der Waals surface area contributed by atoms with Gasteiger partial charge in [0.25, 0.3) is 0 Å². The van der Waals surface area contributed by atoms with Crippen molar-refractivity contribution in [2.75, 3.05) is 0 Å². The normalized spacial score (nSPS) is 12.6. The molecule has 0 bridgehead atoms. The Morgan fingerprint density at radius 2 is 0.667 bits per heavy atom. The zero-order chi connectivity index (χ0) is 34.9. The molecule has 0 aliphatic heterocycles. The van der Waals surface area contributed by atoms with Crippen LogP contribution in [0.15, 0.2) is 60.8 Å². The van der Waals surface area contributed by atoms with Gasteiger partial charge >= 0.3 is 0 Å². The van der Waals surface area contributed by atoms with Crippen LogP contribution in [0.5, 0.6) is 0 Å². The van der Waals surface area contributed by atoms with E-state index in [9.17, 15) is 9.90 Å². The van der Waals surface area contributed by atoms with Crippen molar-refractivity contribution in [3.63, 3.8) is 0 Å². The van der Waals surface area contributed by atoms with Gasteiger partial charge < -0.3 is 5.11 Å². The second-order valence-corrected chi connectivity index (χ2v) is 13.5. The van der Waals surface area contributed by atoms with E-state index >= 15 is 0 Å². The summed E-state index contributed by atoms with van der Waals surface area (Å²) in [7, 11) is 0. The van der Waals surface area contributed by atoms with Crippen molar-refractivity contribution in [1.29, 1.82) is 0 Å². The minimum absolute atomic E-state index is 0.225. The monoisotopic (exact) mass is 659 g/mol. The summed E-state index contributed by atoms with van der Waals surface area (Å²) in [6.07, 6.45) is 69.6. The highest BCUT2D eigenvalue weighted by atomic mass is 16.3. The van der Waals surface area contributed by atoms with Gasteiger partial charge in [-0.25, -0.2) is 0 Å². The van der Waals surface area contributed by atoms with Crippen molar-refractivity contribution in [3.05, 3.63) is 60.8 Å². The fraction of sp³-hybridized carbons (Fsp3) is 0.674. The number of aliphatic hydroxyl groups is 1. The molecule has 0 radical (unpaired) electrons. The molecule has 2 nitrogen and oxygen atoms in total. The Hall–Kier alpha value is -2.55. The maximum Gasteiger partial charge on any atom is 0.228 e. The lowest BCUT2D eigenvalue weighted by atomic mass is 10.0. The van der Waals surface area contributed by atoms with Crippen LogP contribution in [-0.2, 0) is 4.79 Å². The fourth-order valence-electron chi connectivity index (χ4n) is 5.80. The van der Waals surface area contributed by atoms with E-state index in [1.165, 1.54) is 179 Å². The number of carbonyl (C=O) groups is 1. The van der Waals surface area contributed by atoms with E-state index in [4.69, 9.17) is 12.8 Å². The Morgan fingerprint density at radius 1 is 0.417 bits per heavy atom. The lowest BCUT2D eigenvalue weighted by Crippen LogP contribution is -1.95. The summed E-state index contributed by atoms with van der Waals surface area (Å²) in [5.74, 6) is 4.18. The molecule has 0 amide bonds. The third-order valence-electron chi connectivity index (χ3n) is 8.87. The molecule has 0 spiro atoms. The predicted octanol–water partition coefficient (Wildman–Crippen LogP) is 13.7. The third kappa shape index (κ3) is 39.6. The molecule has 0 saturated heterocycles. The minimum Gasteiger partial charge on any atom is -0.377 e. The Morgan fingerprint density at radius 3 is 0.958 bits per heavy atom. The molecule has 0 aliphatic carbocycles. The van der Waals surface area contributed by atoms with Crippen LogP contribution >= 0.6 is 0 Å². The van der Waals surface area contributed by atoms with Crippen molar-refractivity contribution in [2.45, 2.75) is 199 Å². The first-order valence-electron chi connectivity index (χ1n) is 20.1. The van der Waals surface area contributed by atoms with Gasteiger partial charge in [0.15, 0.2) is 0 Å². The van der Waals surface area contributed by atoms with Crippen LogP contribution < -0.4 is 0 Å². The van der Waals surface area contributed by atoms with Gasteiger partial charge in [-0.15, -0.1) is 12.8 Å². The van der Waals surface area contributed by atoms with Crippen LogP contribution in [-0.4, -0.2) is 17.0 Å². The molecular formula is C46H74O2. The molecule has 48 heavy (non-hydrogen) atoms.